The first kappa shape index (κ1) is 18.9. The molecular formula is C19H22BrNO2S. The van der Waals surface area contributed by atoms with E-state index in [-0.39, 0.29) is 5.91 Å². The van der Waals surface area contributed by atoms with Crippen molar-refractivity contribution in [3.63, 3.8) is 0 Å². The Bertz CT molecular complexity index is 661. The highest BCUT2D eigenvalue weighted by Crippen LogP contribution is 2.17. The number of benzene rings is 2. The van der Waals surface area contributed by atoms with Gasteiger partial charge in [-0.25, -0.2) is 0 Å². The van der Waals surface area contributed by atoms with Crippen LogP contribution in [-0.4, -0.2) is 24.3 Å². The van der Waals surface area contributed by atoms with Gasteiger partial charge in [-0.2, -0.15) is 11.8 Å². The highest BCUT2D eigenvalue weighted by atomic mass is 79.9. The molecule has 5 heteroatoms. The molecule has 2 aromatic rings. The molecule has 3 nitrogen and oxygen atoms in total. The summed E-state index contributed by atoms with van der Waals surface area (Å²) in [7, 11) is 0. The zero-order valence-electron chi connectivity index (χ0n) is 13.9. The maximum atomic E-state index is 12.0. The lowest BCUT2D eigenvalue weighted by molar-refractivity contribution is -0.127. The fourth-order valence-electron chi connectivity index (χ4n) is 2.12. The van der Waals surface area contributed by atoms with Crippen LogP contribution >= 0.6 is 27.7 Å². The molecular weight excluding hydrogens is 386 g/mol. The number of nitrogens with one attached hydrogen (secondary N) is 1. The van der Waals surface area contributed by atoms with Gasteiger partial charge in [-0.1, -0.05) is 40.2 Å². The summed E-state index contributed by atoms with van der Waals surface area (Å²) in [6.45, 7) is 4.53. The van der Waals surface area contributed by atoms with E-state index in [1.807, 2.05) is 36.0 Å². The normalized spacial score (nSPS) is 11.8. The van der Waals surface area contributed by atoms with E-state index in [1.54, 1.807) is 6.92 Å². The lowest BCUT2D eigenvalue weighted by Crippen LogP contribution is -2.37. The van der Waals surface area contributed by atoms with Crippen molar-refractivity contribution in [1.29, 1.82) is 0 Å². The molecule has 2 aromatic carbocycles. The van der Waals surface area contributed by atoms with Crippen LogP contribution in [0, 0.1) is 6.92 Å². The monoisotopic (exact) mass is 407 g/mol. The molecule has 2 rings (SSSR count). The van der Waals surface area contributed by atoms with E-state index in [0.29, 0.717) is 12.3 Å². The maximum Gasteiger partial charge on any atom is 0.260 e. The second-order valence-electron chi connectivity index (χ2n) is 5.48. The van der Waals surface area contributed by atoms with Crippen molar-refractivity contribution in [3.05, 3.63) is 64.1 Å². The van der Waals surface area contributed by atoms with Crippen LogP contribution < -0.4 is 10.1 Å². The molecule has 0 saturated heterocycles. The third-order valence-electron chi connectivity index (χ3n) is 3.56. The molecule has 24 heavy (non-hydrogen) atoms. The Hall–Kier alpha value is -1.46. The summed E-state index contributed by atoms with van der Waals surface area (Å²) < 4.78 is 6.62. The number of carbonyl (C=O) groups excluding carboxylic acids is 1. The predicted octanol–water partition coefficient (Wildman–Crippen LogP) is 4.57. The molecule has 0 aromatic heterocycles. The molecule has 0 saturated carbocycles. The summed E-state index contributed by atoms with van der Waals surface area (Å²) in [5.41, 5.74) is 2.66. The molecule has 0 aliphatic rings. The number of rotatable bonds is 8. The van der Waals surface area contributed by atoms with Gasteiger partial charge in [0.2, 0.25) is 0 Å². The number of hydrogen-bond donors (Lipinski definition) is 1. The zero-order valence-corrected chi connectivity index (χ0v) is 16.3. The lowest BCUT2D eigenvalue weighted by atomic mass is 10.1. The lowest BCUT2D eigenvalue weighted by Gasteiger charge is -2.14. The van der Waals surface area contributed by atoms with Crippen LogP contribution in [0.1, 0.15) is 18.1 Å². The molecule has 128 valence electrons. The summed E-state index contributed by atoms with van der Waals surface area (Å²) in [4.78, 5) is 12.0. The predicted molar refractivity (Wildman–Crippen MR) is 105 cm³/mol. The molecule has 0 unspecified atom stereocenters. The van der Waals surface area contributed by atoms with E-state index in [9.17, 15) is 4.79 Å². The number of aryl methyl sites for hydroxylation is 1. The number of hydrogen-bond acceptors (Lipinski definition) is 3. The summed E-state index contributed by atoms with van der Waals surface area (Å²) >= 11 is 5.19. The molecule has 0 aliphatic carbocycles. The van der Waals surface area contributed by atoms with Crippen LogP contribution in [0.25, 0.3) is 0 Å². The van der Waals surface area contributed by atoms with Crippen molar-refractivity contribution in [2.45, 2.75) is 25.7 Å². The van der Waals surface area contributed by atoms with Gasteiger partial charge in [0.1, 0.15) is 5.75 Å². The largest absolute Gasteiger partial charge is 0.481 e. The van der Waals surface area contributed by atoms with Crippen molar-refractivity contribution >= 4 is 33.6 Å². The molecule has 1 N–H and O–H groups in total. The van der Waals surface area contributed by atoms with Crippen molar-refractivity contribution in [2.75, 3.05) is 12.3 Å². The van der Waals surface area contributed by atoms with Gasteiger partial charge in [0.05, 0.1) is 0 Å². The summed E-state index contributed by atoms with van der Waals surface area (Å²) in [6.07, 6.45) is -0.507. The minimum Gasteiger partial charge on any atom is -0.481 e. The van der Waals surface area contributed by atoms with Gasteiger partial charge >= 0.3 is 0 Å². The molecule has 0 fully saturated rings. The second kappa shape index (κ2) is 9.74. The number of ether oxygens (including phenoxy) is 1. The van der Waals surface area contributed by atoms with Crippen LogP contribution in [-0.2, 0) is 10.5 Å². The fourth-order valence-corrected chi connectivity index (χ4v) is 3.31. The Kier molecular flexibility index (Phi) is 7.66. The molecule has 1 amide bonds. The second-order valence-corrected chi connectivity index (χ2v) is 7.50. The number of thioether (sulfide) groups is 1. The van der Waals surface area contributed by atoms with Gasteiger partial charge in [0.15, 0.2) is 6.10 Å². The maximum absolute atomic E-state index is 12.0. The average molecular weight is 408 g/mol. The number of halogens is 1. The van der Waals surface area contributed by atoms with Gasteiger partial charge in [-0.05, 0) is 49.2 Å². The Labute approximate surface area is 156 Å². The molecule has 1 atom stereocenters. The summed E-state index contributed by atoms with van der Waals surface area (Å²) in [5, 5.41) is 2.92. The zero-order chi connectivity index (χ0) is 17.4. The first-order chi connectivity index (χ1) is 11.6. The Morgan fingerprint density at radius 2 is 1.92 bits per heavy atom. The minimum absolute atomic E-state index is 0.0885. The van der Waals surface area contributed by atoms with Crippen LogP contribution in [0.2, 0.25) is 0 Å². The van der Waals surface area contributed by atoms with Gasteiger partial charge in [0, 0.05) is 22.5 Å². The Morgan fingerprint density at radius 1 is 1.21 bits per heavy atom. The van der Waals surface area contributed by atoms with Gasteiger partial charge < -0.3 is 10.1 Å². The molecule has 0 aliphatic heterocycles. The van der Waals surface area contributed by atoms with Gasteiger partial charge in [-0.15, -0.1) is 0 Å². The van der Waals surface area contributed by atoms with E-state index in [4.69, 9.17) is 4.74 Å². The Morgan fingerprint density at radius 3 is 2.62 bits per heavy atom. The van der Waals surface area contributed by atoms with E-state index < -0.39 is 6.10 Å². The first-order valence-corrected chi connectivity index (χ1v) is 9.83. The van der Waals surface area contributed by atoms with Gasteiger partial charge in [-0.3, -0.25) is 4.79 Å². The number of carbonyl (C=O) groups is 1. The van der Waals surface area contributed by atoms with E-state index in [1.165, 1.54) is 11.1 Å². The van der Waals surface area contributed by atoms with Crippen LogP contribution in [0.15, 0.2) is 53.0 Å². The summed E-state index contributed by atoms with van der Waals surface area (Å²) in [6, 6.07) is 15.8. The minimum atomic E-state index is -0.507. The molecule has 0 heterocycles. The summed E-state index contributed by atoms with van der Waals surface area (Å²) in [5.74, 6) is 2.45. The molecule has 0 bridgehead atoms. The van der Waals surface area contributed by atoms with Crippen LogP contribution in [0.3, 0.4) is 0 Å². The van der Waals surface area contributed by atoms with Gasteiger partial charge in [0.25, 0.3) is 5.91 Å². The standard InChI is InChI=1S/C19H22BrNO2S/c1-14-5-3-4-6-16(14)13-24-12-11-21-19(22)15(2)23-18-9-7-17(20)8-10-18/h3-10,15H,11-13H2,1-2H3,(H,21,22)/t15-/m0/s1. The van der Waals surface area contributed by atoms with Crippen molar-refractivity contribution in [1.82, 2.24) is 5.32 Å². The van der Waals surface area contributed by atoms with E-state index >= 15 is 0 Å². The van der Waals surface area contributed by atoms with E-state index in [2.05, 4.69) is 52.4 Å². The fraction of sp³-hybridized carbons (Fsp3) is 0.316. The van der Waals surface area contributed by atoms with Crippen molar-refractivity contribution in [2.24, 2.45) is 0 Å². The molecule has 0 radical (unpaired) electrons. The smallest absolute Gasteiger partial charge is 0.260 e. The highest BCUT2D eigenvalue weighted by Gasteiger charge is 2.13. The van der Waals surface area contributed by atoms with Crippen molar-refractivity contribution < 1.29 is 9.53 Å². The quantitative estimate of drug-likeness (QED) is 0.650. The highest BCUT2D eigenvalue weighted by molar-refractivity contribution is 9.10. The topological polar surface area (TPSA) is 38.3 Å². The average Bonchev–Trinajstić information content (AvgIpc) is 2.58. The first-order valence-electron chi connectivity index (χ1n) is 7.88. The van der Waals surface area contributed by atoms with E-state index in [0.717, 1.165) is 16.0 Å². The SMILES string of the molecule is Cc1ccccc1CSCCNC(=O)[C@H](C)Oc1ccc(Br)cc1. The number of amides is 1. The van der Waals surface area contributed by atoms with Crippen LogP contribution in [0.5, 0.6) is 5.75 Å². The third-order valence-corrected chi connectivity index (χ3v) is 5.10. The van der Waals surface area contributed by atoms with Crippen LogP contribution in [0.4, 0.5) is 0 Å². The van der Waals surface area contributed by atoms with Crippen molar-refractivity contribution in [3.8, 4) is 5.75 Å². The molecule has 0 spiro atoms. The Balaban J connectivity index is 1.65. The third kappa shape index (κ3) is 6.21.